The Morgan fingerprint density at radius 2 is 2.18 bits per heavy atom. The molecule has 2 unspecified atom stereocenters. The summed E-state index contributed by atoms with van der Waals surface area (Å²) in [6.45, 7) is 7.63. The van der Waals surface area contributed by atoms with Gasteiger partial charge in [0.2, 0.25) is 0 Å². The third-order valence-corrected chi connectivity index (χ3v) is 6.29. The summed E-state index contributed by atoms with van der Waals surface area (Å²) in [5.74, 6) is 3.93. The summed E-state index contributed by atoms with van der Waals surface area (Å²) < 4.78 is 5.51. The van der Waals surface area contributed by atoms with E-state index in [0.29, 0.717) is 6.04 Å². The van der Waals surface area contributed by atoms with Gasteiger partial charge in [0.25, 0.3) is 0 Å². The van der Waals surface area contributed by atoms with Crippen LogP contribution in [0.2, 0.25) is 0 Å². The van der Waals surface area contributed by atoms with E-state index in [1.54, 1.807) is 0 Å². The van der Waals surface area contributed by atoms with Crippen LogP contribution in [0.3, 0.4) is 0 Å². The van der Waals surface area contributed by atoms with Crippen LogP contribution < -0.4 is 5.32 Å². The van der Waals surface area contributed by atoms with Crippen molar-refractivity contribution < 1.29 is 4.74 Å². The van der Waals surface area contributed by atoms with Crippen molar-refractivity contribution in [3.05, 3.63) is 0 Å². The number of rotatable bonds is 7. The fourth-order valence-corrected chi connectivity index (χ4v) is 4.95. The summed E-state index contributed by atoms with van der Waals surface area (Å²) in [4.78, 5) is 0. The first-order valence-electron chi connectivity index (χ1n) is 6.57. The second-order valence-corrected chi connectivity index (χ2v) is 7.65. The molecule has 1 rings (SSSR count). The zero-order valence-electron chi connectivity index (χ0n) is 11.6. The molecule has 0 aromatic carbocycles. The van der Waals surface area contributed by atoms with E-state index < -0.39 is 0 Å². The largest absolute Gasteiger partial charge is 0.379 e. The maximum Gasteiger partial charge on any atom is 0.0623 e. The maximum atomic E-state index is 5.51. The molecule has 1 heterocycles. The fraction of sp³-hybridized carbons (Fsp3) is 1.00. The van der Waals surface area contributed by atoms with Crippen LogP contribution >= 0.6 is 23.5 Å². The Morgan fingerprint density at radius 1 is 1.41 bits per heavy atom. The molecule has 4 heteroatoms. The molecule has 2 atom stereocenters. The van der Waals surface area contributed by atoms with Gasteiger partial charge in [-0.15, -0.1) is 0 Å². The smallest absolute Gasteiger partial charge is 0.0623 e. The predicted octanol–water partition coefficient (Wildman–Crippen LogP) is 3.02. The maximum absolute atomic E-state index is 5.51. The van der Waals surface area contributed by atoms with Crippen LogP contribution in [0.25, 0.3) is 0 Å². The van der Waals surface area contributed by atoms with E-state index in [-0.39, 0.29) is 5.60 Å². The van der Waals surface area contributed by atoms with Gasteiger partial charge >= 0.3 is 0 Å². The van der Waals surface area contributed by atoms with Crippen molar-refractivity contribution in [2.75, 3.05) is 30.9 Å². The molecule has 1 aliphatic rings. The van der Waals surface area contributed by atoms with Gasteiger partial charge in [-0.2, -0.15) is 23.5 Å². The number of thioether (sulfide) groups is 2. The van der Waals surface area contributed by atoms with Crippen molar-refractivity contribution in [1.82, 2.24) is 5.32 Å². The van der Waals surface area contributed by atoms with E-state index in [9.17, 15) is 0 Å². The van der Waals surface area contributed by atoms with Crippen molar-refractivity contribution in [3.8, 4) is 0 Å². The molecule has 0 saturated carbocycles. The Hall–Kier alpha value is 0.620. The molecule has 0 amide bonds. The zero-order valence-corrected chi connectivity index (χ0v) is 13.3. The Balaban J connectivity index is 2.41. The van der Waals surface area contributed by atoms with E-state index in [0.717, 1.165) is 18.2 Å². The lowest BCUT2D eigenvalue weighted by molar-refractivity contribution is 0.0118. The number of methoxy groups -OCH3 is 1. The number of hydrogen-bond donors (Lipinski definition) is 1. The monoisotopic (exact) mass is 277 g/mol. The number of hydrogen-bond acceptors (Lipinski definition) is 4. The number of ether oxygens (including phenoxy) is 1. The van der Waals surface area contributed by atoms with E-state index in [1.165, 1.54) is 23.7 Å². The van der Waals surface area contributed by atoms with Gasteiger partial charge in [0.05, 0.1) is 5.60 Å². The molecule has 1 saturated heterocycles. The van der Waals surface area contributed by atoms with Gasteiger partial charge in [-0.3, -0.25) is 0 Å². The van der Waals surface area contributed by atoms with Crippen LogP contribution in [0.15, 0.2) is 0 Å². The molecular formula is C13H27NOS2. The Labute approximate surface area is 115 Å². The van der Waals surface area contributed by atoms with E-state index in [2.05, 4.69) is 49.6 Å². The van der Waals surface area contributed by atoms with Crippen LogP contribution in [0.1, 0.15) is 33.6 Å². The molecule has 17 heavy (non-hydrogen) atoms. The van der Waals surface area contributed by atoms with Crippen molar-refractivity contribution >= 4 is 23.5 Å². The Morgan fingerprint density at radius 3 is 2.71 bits per heavy atom. The van der Waals surface area contributed by atoms with Crippen LogP contribution in [-0.2, 0) is 4.74 Å². The quantitative estimate of drug-likeness (QED) is 0.772. The topological polar surface area (TPSA) is 21.3 Å². The molecule has 0 aliphatic carbocycles. The molecule has 102 valence electrons. The SMILES string of the molecule is CCNC(CCC(C)(C)OC)C1CSCCS1. The molecule has 0 radical (unpaired) electrons. The molecular weight excluding hydrogens is 250 g/mol. The summed E-state index contributed by atoms with van der Waals surface area (Å²) in [5, 5.41) is 4.44. The third kappa shape index (κ3) is 5.86. The van der Waals surface area contributed by atoms with Gasteiger partial charge < -0.3 is 10.1 Å². The second-order valence-electron chi connectivity index (χ2n) is 5.15. The second kappa shape index (κ2) is 7.93. The summed E-state index contributed by atoms with van der Waals surface area (Å²) >= 11 is 4.25. The average Bonchev–Trinajstić information content (AvgIpc) is 2.35. The van der Waals surface area contributed by atoms with Crippen molar-refractivity contribution in [3.63, 3.8) is 0 Å². The molecule has 2 nitrogen and oxygen atoms in total. The third-order valence-electron chi connectivity index (χ3n) is 3.37. The lowest BCUT2D eigenvalue weighted by Gasteiger charge is -2.32. The van der Waals surface area contributed by atoms with Gasteiger partial charge in [-0.05, 0) is 33.2 Å². The highest BCUT2D eigenvalue weighted by atomic mass is 32.2. The first kappa shape index (κ1) is 15.7. The summed E-state index contributed by atoms with van der Waals surface area (Å²) in [7, 11) is 1.81. The molecule has 1 fully saturated rings. The van der Waals surface area contributed by atoms with Crippen LogP contribution in [-0.4, -0.2) is 47.8 Å². The van der Waals surface area contributed by atoms with Gasteiger partial charge in [0, 0.05) is 35.7 Å². The molecule has 0 aromatic rings. The Kier molecular flexibility index (Phi) is 7.31. The van der Waals surface area contributed by atoms with E-state index in [4.69, 9.17) is 4.74 Å². The lowest BCUT2D eigenvalue weighted by atomic mass is 9.97. The first-order valence-corrected chi connectivity index (χ1v) is 8.77. The van der Waals surface area contributed by atoms with Crippen molar-refractivity contribution in [1.29, 1.82) is 0 Å². The van der Waals surface area contributed by atoms with Gasteiger partial charge in [-0.1, -0.05) is 6.92 Å². The average molecular weight is 277 g/mol. The highest BCUT2D eigenvalue weighted by Gasteiger charge is 2.26. The van der Waals surface area contributed by atoms with Gasteiger partial charge in [0.15, 0.2) is 0 Å². The van der Waals surface area contributed by atoms with Crippen LogP contribution in [0.5, 0.6) is 0 Å². The Bertz CT molecular complexity index is 206. The highest BCUT2D eigenvalue weighted by molar-refractivity contribution is 8.06. The highest BCUT2D eigenvalue weighted by Crippen LogP contribution is 2.29. The summed E-state index contributed by atoms with van der Waals surface area (Å²) in [6, 6.07) is 0.646. The van der Waals surface area contributed by atoms with Crippen LogP contribution in [0.4, 0.5) is 0 Å². The minimum absolute atomic E-state index is 0.0140. The van der Waals surface area contributed by atoms with Crippen molar-refractivity contribution in [2.24, 2.45) is 0 Å². The molecule has 0 bridgehead atoms. The number of nitrogens with one attached hydrogen (secondary N) is 1. The normalized spacial score (nSPS) is 23.6. The molecule has 0 aromatic heterocycles. The minimum Gasteiger partial charge on any atom is -0.379 e. The van der Waals surface area contributed by atoms with Crippen LogP contribution in [0, 0.1) is 0 Å². The van der Waals surface area contributed by atoms with Gasteiger partial charge in [-0.25, -0.2) is 0 Å². The minimum atomic E-state index is 0.0140. The standard InChI is InChI=1S/C13H27NOS2/c1-5-14-11(6-7-13(2,3)15-4)12-10-16-8-9-17-12/h11-12,14H,5-10H2,1-4H3. The molecule has 0 spiro atoms. The zero-order chi connectivity index (χ0) is 12.7. The molecule has 1 N–H and O–H groups in total. The van der Waals surface area contributed by atoms with Gasteiger partial charge in [0.1, 0.15) is 0 Å². The molecule has 1 aliphatic heterocycles. The fourth-order valence-electron chi connectivity index (χ4n) is 2.03. The summed E-state index contributed by atoms with van der Waals surface area (Å²) in [5.41, 5.74) is 0.0140. The predicted molar refractivity (Wildman–Crippen MR) is 81.4 cm³/mol. The van der Waals surface area contributed by atoms with Crippen molar-refractivity contribution in [2.45, 2.75) is 50.5 Å². The summed E-state index contributed by atoms with van der Waals surface area (Å²) in [6.07, 6.45) is 2.34. The first-order chi connectivity index (χ1) is 8.09. The lowest BCUT2D eigenvalue weighted by Crippen LogP contribution is -2.42. The van der Waals surface area contributed by atoms with E-state index >= 15 is 0 Å². The van der Waals surface area contributed by atoms with E-state index in [1.807, 2.05) is 7.11 Å².